The molecule has 0 amide bonds. The van der Waals surface area contributed by atoms with Crippen molar-refractivity contribution in [1.82, 2.24) is 0 Å². The van der Waals surface area contributed by atoms with E-state index in [9.17, 15) is 31.1 Å². The van der Waals surface area contributed by atoms with Crippen LogP contribution < -0.4 is 5.73 Å². The van der Waals surface area contributed by atoms with Crippen LogP contribution in [0.3, 0.4) is 0 Å². The van der Waals surface area contributed by atoms with Crippen molar-refractivity contribution in [3.63, 3.8) is 0 Å². The van der Waals surface area contributed by atoms with E-state index in [1.54, 1.807) is 0 Å². The Morgan fingerprint density at radius 3 is 1.88 bits per heavy atom. The summed E-state index contributed by atoms with van der Waals surface area (Å²) < 4.78 is 74.3. The predicted molar refractivity (Wildman–Crippen MR) is 46.2 cm³/mol. The number of alkyl halides is 6. The molecule has 17 heavy (non-hydrogen) atoms. The average Bonchev–Trinajstić information content (AvgIpc) is 2.12. The first-order valence-electron chi connectivity index (χ1n) is 4.11. The molecule has 1 rings (SSSR count). The van der Waals surface area contributed by atoms with E-state index < -0.39 is 34.7 Å². The number of anilines is 1. The molecule has 8 heteroatoms. The Labute approximate surface area is 91.0 Å². The highest BCUT2D eigenvalue weighted by Gasteiger charge is 2.41. The molecule has 1 aromatic carbocycles. The van der Waals surface area contributed by atoms with Gasteiger partial charge in [0.15, 0.2) is 6.29 Å². The number of aldehydes is 1. The minimum absolute atomic E-state index is 0.195. The Morgan fingerprint density at radius 1 is 1.00 bits per heavy atom. The molecule has 0 fully saturated rings. The number of carbonyl (C=O) groups excluding carboxylic acids is 1. The van der Waals surface area contributed by atoms with Gasteiger partial charge < -0.3 is 5.73 Å². The number of hydrogen-bond acceptors (Lipinski definition) is 2. The quantitative estimate of drug-likeness (QED) is 0.477. The summed E-state index contributed by atoms with van der Waals surface area (Å²) in [5.74, 6) is 0. The lowest BCUT2D eigenvalue weighted by Gasteiger charge is -2.17. The molecule has 0 aliphatic rings. The molecule has 2 N–H and O–H groups in total. The summed E-state index contributed by atoms with van der Waals surface area (Å²) in [5, 5.41) is 0. The van der Waals surface area contributed by atoms with Gasteiger partial charge in [-0.25, -0.2) is 0 Å². The fraction of sp³-hybridized carbons (Fsp3) is 0.222. The second-order valence-corrected chi connectivity index (χ2v) is 3.10. The first kappa shape index (κ1) is 13.3. The van der Waals surface area contributed by atoms with Gasteiger partial charge in [0.2, 0.25) is 0 Å². The van der Waals surface area contributed by atoms with Crippen LogP contribution in [0.2, 0.25) is 0 Å². The third kappa shape index (κ3) is 2.51. The molecule has 0 unspecified atom stereocenters. The number of carbonyl (C=O) groups is 1. The van der Waals surface area contributed by atoms with Crippen molar-refractivity contribution in [3.8, 4) is 0 Å². The van der Waals surface area contributed by atoms with Crippen LogP contribution in [0.4, 0.5) is 32.0 Å². The van der Waals surface area contributed by atoms with E-state index in [0.29, 0.717) is 12.1 Å². The van der Waals surface area contributed by atoms with Crippen LogP contribution >= 0.6 is 0 Å². The van der Waals surface area contributed by atoms with Gasteiger partial charge in [-0.1, -0.05) is 6.07 Å². The fourth-order valence-corrected chi connectivity index (χ4v) is 1.30. The molecule has 0 aliphatic carbocycles. The molecular weight excluding hydrogens is 252 g/mol. The monoisotopic (exact) mass is 257 g/mol. The van der Waals surface area contributed by atoms with Crippen LogP contribution in [0, 0.1) is 0 Å². The zero-order valence-electron chi connectivity index (χ0n) is 7.99. The van der Waals surface area contributed by atoms with Crippen LogP contribution in [0.25, 0.3) is 0 Å². The SMILES string of the molecule is Nc1c(C(F)(F)F)ccc(C=O)c1C(F)(F)F. The van der Waals surface area contributed by atoms with E-state index >= 15 is 0 Å². The summed E-state index contributed by atoms with van der Waals surface area (Å²) in [6.45, 7) is 0. The third-order valence-corrected chi connectivity index (χ3v) is 1.99. The summed E-state index contributed by atoms with van der Waals surface area (Å²) in [4.78, 5) is 10.4. The van der Waals surface area contributed by atoms with Gasteiger partial charge >= 0.3 is 12.4 Å². The molecule has 0 heterocycles. The Hall–Kier alpha value is -1.73. The van der Waals surface area contributed by atoms with Gasteiger partial charge in [0.25, 0.3) is 0 Å². The molecule has 0 aliphatic heterocycles. The summed E-state index contributed by atoms with van der Waals surface area (Å²) in [6.07, 6.45) is -10.3. The van der Waals surface area contributed by atoms with Crippen molar-refractivity contribution in [2.45, 2.75) is 12.4 Å². The van der Waals surface area contributed by atoms with Crippen molar-refractivity contribution >= 4 is 12.0 Å². The molecule has 0 spiro atoms. The number of halogens is 6. The molecular formula is C9H5F6NO. The number of rotatable bonds is 1. The standard InChI is InChI=1S/C9H5F6NO/c10-8(11,12)5-2-1-4(3-17)6(7(5)16)9(13,14)15/h1-3H,16H2. The maximum atomic E-state index is 12.5. The zero-order chi connectivity index (χ0) is 13.4. The summed E-state index contributed by atoms with van der Waals surface area (Å²) in [5.41, 5.74) is -0.963. The zero-order valence-corrected chi connectivity index (χ0v) is 7.99. The number of benzene rings is 1. The van der Waals surface area contributed by atoms with Crippen molar-refractivity contribution < 1.29 is 31.1 Å². The molecule has 0 bridgehead atoms. The molecule has 0 atom stereocenters. The first-order chi connectivity index (χ1) is 7.59. The van der Waals surface area contributed by atoms with Gasteiger partial charge in [-0.2, -0.15) is 26.3 Å². The van der Waals surface area contributed by atoms with Gasteiger partial charge in [-0.3, -0.25) is 4.79 Å². The molecule has 1 aromatic rings. The first-order valence-corrected chi connectivity index (χ1v) is 4.11. The fourth-order valence-electron chi connectivity index (χ4n) is 1.30. The number of hydrogen-bond donors (Lipinski definition) is 1. The smallest absolute Gasteiger partial charge is 0.398 e. The van der Waals surface area contributed by atoms with Crippen LogP contribution in [-0.4, -0.2) is 6.29 Å². The van der Waals surface area contributed by atoms with E-state index in [4.69, 9.17) is 5.73 Å². The lowest BCUT2D eigenvalue weighted by atomic mass is 10.0. The summed E-state index contributed by atoms with van der Waals surface area (Å²) >= 11 is 0. The van der Waals surface area contributed by atoms with Gasteiger partial charge in [0.1, 0.15) is 0 Å². The van der Waals surface area contributed by atoms with Crippen LogP contribution in [-0.2, 0) is 12.4 Å². The maximum absolute atomic E-state index is 12.5. The highest BCUT2D eigenvalue weighted by molar-refractivity contribution is 5.82. The maximum Gasteiger partial charge on any atom is 0.419 e. The summed E-state index contributed by atoms with van der Waals surface area (Å²) in [6, 6.07) is 0.781. The van der Waals surface area contributed by atoms with E-state index in [-0.39, 0.29) is 6.29 Å². The van der Waals surface area contributed by atoms with Crippen molar-refractivity contribution in [3.05, 3.63) is 28.8 Å². The lowest BCUT2D eigenvalue weighted by Crippen LogP contribution is -2.18. The highest BCUT2D eigenvalue weighted by atomic mass is 19.4. The second kappa shape index (κ2) is 3.94. The Balaban J connectivity index is 3.61. The normalized spacial score (nSPS) is 12.6. The highest BCUT2D eigenvalue weighted by Crippen LogP contribution is 2.42. The van der Waals surface area contributed by atoms with Crippen LogP contribution in [0.5, 0.6) is 0 Å². The van der Waals surface area contributed by atoms with Gasteiger partial charge in [0, 0.05) is 5.56 Å². The van der Waals surface area contributed by atoms with Gasteiger partial charge in [-0.15, -0.1) is 0 Å². The minimum atomic E-state index is -5.12. The second-order valence-electron chi connectivity index (χ2n) is 3.10. The van der Waals surface area contributed by atoms with Crippen LogP contribution in [0.15, 0.2) is 12.1 Å². The van der Waals surface area contributed by atoms with E-state index in [0.717, 1.165) is 0 Å². The molecule has 94 valence electrons. The van der Waals surface area contributed by atoms with Gasteiger partial charge in [0.05, 0.1) is 16.8 Å². The summed E-state index contributed by atoms with van der Waals surface area (Å²) in [7, 11) is 0. The van der Waals surface area contributed by atoms with Gasteiger partial charge in [-0.05, 0) is 6.07 Å². The Kier molecular flexibility index (Phi) is 3.09. The Morgan fingerprint density at radius 2 is 1.53 bits per heavy atom. The minimum Gasteiger partial charge on any atom is -0.398 e. The van der Waals surface area contributed by atoms with Crippen LogP contribution in [0.1, 0.15) is 21.5 Å². The average molecular weight is 257 g/mol. The van der Waals surface area contributed by atoms with E-state index in [1.165, 1.54) is 0 Å². The molecule has 0 aromatic heterocycles. The number of nitrogens with two attached hydrogens (primary N) is 1. The third-order valence-electron chi connectivity index (χ3n) is 1.99. The topological polar surface area (TPSA) is 43.1 Å². The largest absolute Gasteiger partial charge is 0.419 e. The number of nitrogen functional groups attached to an aromatic ring is 1. The molecule has 0 radical (unpaired) electrons. The molecule has 0 saturated heterocycles. The molecule has 0 saturated carbocycles. The van der Waals surface area contributed by atoms with Crippen molar-refractivity contribution in [2.75, 3.05) is 5.73 Å². The van der Waals surface area contributed by atoms with Crippen molar-refractivity contribution in [2.24, 2.45) is 0 Å². The predicted octanol–water partition coefficient (Wildman–Crippen LogP) is 3.12. The van der Waals surface area contributed by atoms with E-state index in [2.05, 4.69) is 0 Å². The van der Waals surface area contributed by atoms with E-state index in [1.807, 2.05) is 0 Å². The van der Waals surface area contributed by atoms with Crippen molar-refractivity contribution in [1.29, 1.82) is 0 Å². The molecule has 2 nitrogen and oxygen atoms in total. The lowest BCUT2D eigenvalue weighted by molar-refractivity contribution is -0.141. The Bertz CT molecular complexity index is 448.